The second-order valence-electron chi connectivity index (χ2n) is 4.19. The van der Waals surface area contributed by atoms with Crippen LogP contribution in [0.4, 0.5) is 15.8 Å². The van der Waals surface area contributed by atoms with E-state index in [0.29, 0.717) is 16.7 Å². The van der Waals surface area contributed by atoms with E-state index in [1.807, 2.05) is 0 Å². The van der Waals surface area contributed by atoms with Gasteiger partial charge in [-0.05, 0) is 29.8 Å². The van der Waals surface area contributed by atoms with E-state index < -0.39 is 10.7 Å². The fourth-order valence-electron chi connectivity index (χ4n) is 1.71. The van der Waals surface area contributed by atoms with Crippen molar-refractivity contribution < 1.29 is 9.31 Å². The highest BCUT2D eigenvalue weighted by Crippen LogP contribution is 2.24. The van der Waals surface area contributed by atoms with Crippen LogP contribution in [0.5, 0.6) is 0 Å². The summed E-state index contributed by atoms with van der Waals surface area (Å²) in [5.74, 6) is -0.570. The quantitative estimate of drug-likeness (QED) is 0.668. The van der Waals surface area contributed by atoms with Gasteiger partial charge in [-0.1, -0.05) is 15.9 Å². The van der Waals surface area contributed by atoms with Crippen molar-refractivity contribution in [3.8, 4) is 6.07 Å². The molecule has 0 radical (unpaired) electrons. The van der Waals surface area contributed by atoms with Gasteiger partial charge in [-0.25, -0.2) is 4.39 Å². The normalized spacial score (nSPS) is 9.95. The van der Waals surface area contributed by atoms with Crippen LogP contribution in [0.2, 0.25) is 0 Å². The Hall–Kier alpha value is -2.46. The molecule has 106 valence electrons. The second-order valence-corrected chi connectivity index (χ2v) is 5.05. The summed E-state index contributed by atoms with van der Waals surface area (Å²) >= 11 is 3.27. The first-order valence-corrected chi connectivity index (χ1v) is 6.67. The second kappa shape index (κ2) is 6.33. The molecule has 0 saturated heterocycles. The molecule has 5 nitrogen and oxygen atoms in total. The van der Waals surface area contributed by atoms with Gasteiger partial charge in [0.2, 0.25) is 0 Å². The van der Waals surface area contributed by atoms with Gasteiger partial charge in [0.25, 0.3) is 5.69 Å². The molecule has 0 aliphatic heterocycles. The molecule has 0 saturated carbocycles. The van der Waals surface area contributed by atoms with Crippen molar-refractivity contribution in [1.82, 2.24) is 0 Å². The van der Waals surface area contributed by atoms with Gasteiger partial charge in [0.15, 0.2) is 0 Å². The summed E-state index contributed by atoms with van der Waals surface area (Å²) < 4.78 is 13.8. The highest BCUT2D eigenvalue weighted by molar-refractivity contribution is 9.10. The van der Waals surface area contributed by atoms with Gasteiger partial charge in [-0.3, -0.25) is 10.1 Å². The van der Waals surface area contributed by atoms with Crippen LogP contribution in [0, 0.1) is 27.3 Å². The number of rotatable bonds is 4. The van der Waals surface area contributed by atoms with Gasteiger partial charge in [0.05, 0.1) is 10.5 Å². The minimum absolute atomic E-state index is 0.000765. The molecule has 0 aliphatic carbocycles. The van der Waals surface area contributed by atoms with Crippen molar-refractivity contribution in [3.05, 3.63) is 67.9 Å². The molecule has 2 rings (SSSR count). The zero-order chi connectivity index (χ0) is 15.4. The Morgan fingerprint density at radius 3 is 2.71 bits per heavy atom. The predicted molar refractivity (Wildman–Crippen MR) is 79.2 cm³/mol. The minimum atomic E-state index is -0.570. The van der Waals surface area contributed by atoms with Crippen molar-refractivity contribution in [2.75, 3.05) is 5.32 Å². The van der Waals surface area contributed by atoms with Gasteiger partial charge in [0, 0.05) is 28.8 Å². The van der Waals surface area contributed by atoms with Crippen LogP contribution in [0.15, 0.2) is 40.9 Å². The summed E-state index contributed by atoms with van der Waals surface area (Å²) in [4.78, 5) is 10.2. The first kappa shape index (κ1) is 14.9. The molecule has 2 aromatic rings. The minimum Gasteiger partial charge on any atom is -0.381 e. The molecule has 0 fully saturated rings. The third kappa shape index (κ3) is 3.55. The Morgan fingerprint density at radius 2 is 2.10 bits per heavy atom. The summed E-state index contributed by atoms with van der Waals surface area (Å²) in [6.07, 6.45) is 0. The molecule has 0 heterocycles. The van der Waals surface area contributed by atoms with E-state index in [9.17, 15) is 14.5 Å². The Kier molecular flexibility index (Phi) is 4.50. The number of benzene rings is 2. The van der Waals surface area contributed by atoms with Crippen LogP contribution in [0.25, 0.3) is 0 Å². The summed E-state index contributed by atoms with van der Waals surface area (Å²) in [5.41, 5.74) is 1.36. The number of anilines is 1. The molecular weight excluding hydrogens is 341 g/mol. The van der Waals surface area contributed by atoms with E-state index in [1.54, 1.807) is 12.1 Å². The molecule has 0 aliphatic rings. The number of halogens is 2. The van der Waals surface area contributed by atoms with Crippen molar-refractivity contribution in [2.24, 2.45) is 0 Å². The van der Waals surface area contributed by atoms with Crippen molar-refractivity contribution in [2.45, 2.75) is 6.54 Å². The first-order valence-electron chi connectivity index (χ1n) is 5.87. The smallest absolute Gasteiger partial charge is 0.270 e. The molecule has 0 aromatic heterocycles. The Balaban J connectivity index is 2.13. The van der Waals surface area contributed by atoms with E-state index in [2.05, 4.69) is 21.2 Å². The maximum atomic E-state index is 13.2. The lowest BCUT2D eigenvalue weighted by Gasteiger charge is -2.08. The van der Waals surface area contributed by atoms with Gasteiger partial charge >= 0.3 is 0 Å². The lowest BCUT2D eigenvalue weighted by Crippen LogP contribution is -2.01. The van der Waals surface area contributed by atoms with Gasteiger partial charge in [-0.2, -0.15) is 5.26 Å². The van der Waals surface area contributed by atoms with Crippen molar-refractivity contribution in [3.63, 3.8) is 0 Å². The molecule has 0 bridgehead atoms. The summed E-state index contributed by atoms with van der Waals surface area (Å²) in [5, 5.41) is 22.4. The average Bonchev–Trinajstić information content (AvgIpc) is 2.47. The third-order valence-corrected chi connectivity index (χ3v) is 3.56. The molecule has 2 aromatic carbocycles. The van der Waals surface area contributed by atoms with Crippen LogP contribution in [0.3, 0.4) is 0 Å². The maximum Gasteiger partial charge on any atom is 0.270 e. The van der Waals surface area contributed by atoms with E-state index in [4.69, 9.17) is 5.26 Å². The molecule has 0 amide bonds. The Bertz CT molecular complexity index is 743. The number of nitro benzene ring substituents is 1. The van der Waals surface area contributed by atoms with Crippen LogP contribution in [0.1, 0.15) is 11.1 Å². The maximum absolute atomic E-state index is 13.2. The fourth-order valence-corrected chi connectivity index (χ4v) is 2.22. The number of non-ortho nitro benzene ring substituents is 1. The Labute approximate surface area is 128 Å². The third-order valence-electron chi connectivity index (χ3n) is 2.82. The molecule has 0 atom stereocenters. The lowest BCUT2D eigenvalue weighted by atomic mass is 10.1. The topological polar surface area (TPSA) is 79.0 Å². The summed E-state index contributed by atoms with van der Waals surface area (Å²) in [6.45, 7) is 0.384. The highest BCUT2D eigenvalue weighted by atomic mass is 79.9. The molecule has 21 heavy (non-hydrogen) atoms. The van der Waals surface area contributed by atoms with Crippen LogP contribution in [-0.4, -0.2) is 4.92 Å². The number of nitrogens with zero attached hydrogens (tertiary/aromatic N) is 2. The number of nitro groups is 1. The van der Waals surface area contributed by atoms with E-state index in [1.165, 1.54) is 30.3 Å². The van der Waals surface area contributed by atoms with E-state index in [0.717, 1.165) is 5.56 Å². The van der Waals surface area contributed by atoms with Crippen LogP contribution >= 0.6 is 15.9 Å². The molecule has 1 N–H and O–H groups in total. The van der Waals surface area contributed by atoms with Gasteiger partial charge < -0.3 is 5.32 Å². The molecule has 0 unspecified atom stereocenters. The van der Waals surface area contributed by atoms with Crippen molar-refractivity contribution >= 4 is 27.3 Å². The highest BCUT2D eigenvalue weighted by Gasteiger charge is 2.09. The fraction of sp³-hybridized carbons (Fsp3) is 0.0714. The summed E-state index contributed by atoms with van der Waals surface area (Å²) in [6, 6.07) is 10.4. The number of hydrogen-bond donors (Lipinski definition) is 1. The largest absolute Gasteiger partial charge is 0.381 e. The molecule has 0 spiro atoms. The number of nitriles is 1. The van der Waals surface area contributed by atoms with E-state index >= 15 is 0 Å². The van der Waals surface area contributed by atoms with Crippen LogP contribution in [-0.2, 0) is 6.54 Å². The molecule has 7 heteroatoms. The zero-order valence-corrected chi connectivity index (χ0v) is 12.2. The standard InChI is InChI=1S/C14H9BrFN3O2/c15-13-6-12(19(20)21)3-1-9(13)8-18-11-2-4-14(16)10(5-11)7-17/h1-6,18H,8H2. The van der Waals surface area contributed by atoms with Gasteiger partial charge in [0.1, 0.15) is 11.9 Å². The molecular formula is C14H9BrFN3O2. The predicted octanol–water partition coefficient (Wildman–Crippen LogP) is 3.98. The Morgan fingerprint density at radius 1 is 1.33 bits per heavy atom. The van der Waals surface area contributed by atoms with Gasteiger partial charge in [-0.15, -0.1) is 0 Å². The number of hydrogen-bond acceptors (Lipinski definition) is 4. The summed E-state index contributed by atoms with van der Waals surface area (Å²) in [7, 11) is 0. The van der Waals surface area contributed by atoms with Crippen molar-refractivity contribution in [1.29, 1.82) is 5.26 Å². The lowest BCUT2D eigenvalue weighted by molar-refractivity contribution is -0.384. The van der Waals surface area contributed by atoms with Crippen LogP contribution < -0.4 is 5.32 Å². The SMILES string of the molecule is N#Cc1cc(NCc2ccc([N+](=O)[O-])cc2Br)ccc1F. The zero-order valence-electron chi connectivity index (χ0n) is 10.6. The first-order chi connectivity index (χ1) is 10.0. The monoisotopic (exact) mass is 349 g/mol. The number of nitrogens with one attached hydrogen (secondary N) is 1. The average molecular weight is 350 g/mol. The van der Waals surface area contributed by atoms with E-state index in [-0.39, 0.29) is 11.3 Å².